The van der Waals surface area contributed by atoms with Crippen molar-refractivity contribution in [3.63, 3.8) is 0 Å². The minimum atomic E-state index is -0.142. The Kier molecular flexibility index (Phi) is 3.52. The van der Waals surface area contributed by atoms with Gasteiger partial charge < -0.3 is 0 Å². The van der Waals surface area contributed by atoms with E-state index in [4.69, 9.17) is 23.2 Å². The second-order valence-corrected chi connectivity index (χ2v) is 3.44. The van der Waals surface area contributed by atoms with Crippen molar-refractivity contribution in [2.45, 2.75) is 6.92 Å². The number of allylic oxidation sites excluding steroid dienone is 1. The average molecular weight is 215 g/mol. The predicted molar refractivity (Wildman–Crippen MR) is 56.0 cm³/mol. The monoisotopic (exact) mass is 214 g/mol. The molecule has 0 fully saturated rings. The van der Waals surface area contributed by atoms with E-state index in [9.17, 15) is 4.79 Å². The molecule has 0 aliphatic heterocycles. The summed E-state index contributed by atoms with van der Waals surface area (Å²) in [5.74, 6) is -0.142. The summed E-state index contributed by atoms with van der Waals surface area (Å²) in [4.78, 5) is 10.8. The summed E-state index contributed by atoms with van der Waals surface area (Å²) in [6.07, 6.45) is 1.61. The Balaban J connectivity index is 2.92. The van der Waals surface area contributed by atoms with Crippen molar-refractivity contribution in [3.8, 4) is 0 Å². The van der Waals surface area contributed by atoms with Crippen molar-refractivity contribution in [2.75, 3.05) is 0 Å². The molecule has 3 heteroatoms. The standard InChI is InChI=1S/C10H8Cl2O/c1-7(13)10(12)6-8-2-4-9(11)5-3-8/h2-6H,1H3/b10-6-. The van der Waals surface area contributed by atoms with Crippen molar-refractivity contribution in [1.82, 2.24) is 0 Å². The van der Waals surface area contributed by atoms with Gasteiger partial charge >= 0.3 is 0 Å². The molecule has 0 amide bonds. The fourth-order valence-corrected chi connectivity index (χ4v) is 1.06. The maximum Gasteiger partial charge on any atom is 0.171 e. The lowest BCUT2D eigenvalue weighted by Gasteiger charge is -1.94. The summed E-state index contributed by atoms with van der Waals surface area (Å²) in [6, 6.07) is 7.09. The van der Waals surface area contributed by atoms with Crippen molar-refractivity contribution >= 4 is 35.1 Å². The van der Waals surface area contributed by atoms with Gasteiger partial charge in [0, 0.05) is 11.9 Å². The zero-order valence-electron chi connectivity index (χ0n) is 7.05. The third-order valence-electron chi connectivity index (χ3n) is 1.50. The van der Waals surface area contributed by atoms with Gasteiger partial charge in [0.05, 0.1) is 5.03 Å². The maximum atomic E-state index is 10.8. The first-order valence-corrected chi connectivity index (χ1v) is 4.49. The second kappa shape index (κ2) is 4.45. The molecule has 0 saturated heterocycles. The quantitative estimate of drug-likeness (QED) is 0.690. The molecular weight excluding hydrogens is 207 g/mol. The fraction of sp³-hybridized carbons (Fsp3) is 0.100. The lowest BCUT2D eigenvalue weighted by Crippen LogP contribution is -1.87. The smallest absolute Gasteiger partial charge is 0.171 e. The van der Waals surface area contributed by atoms with Crippen LogP contribution < -0.4 is 0 Å². The highest BCUT2D eigenvalue weighted by Crippen LogP contribution is 2.14. The van der Waals surface area contributed by atoms with Crippen LogP contribution in [0.1, 0.15) is 12.5 Å². The summed E-state index contributed by atoms with van der Waals surface area (Å²) >= 11 is 11.4. The van der Waals surface area contributed by atoms with Crippen molar-refractivity contribution < 1.29 is 4.79 Å². The van der Waals surface area contributed by atoms with E-state index in [0.29, 0.717) is 5.02 Å². The van der Waals surface area contributed by atoms with E-state index in [1.807, 2.05) is 0 Å². The van der Waals surface area contributed by atoms with Gasteiger partial charge in [-0.3, -0.25) is 4.79 Å². The van der Waals surface area contributed by atoms with Crippen molar-refractivity contribution in [2.24, 2.45) is 0 Å². The Labute approximate surface area is 87.0 Å². The van der Waals surface area contributed by atoms with E-state index in [0.717, 1.165) is 5.56 Å². The number of Topliss-reactive ketones (excluding diaryl/α,β-unsaturated/α-hetero) is 1. The summed E-state index contributed by atoms with van der Waals surface area (Å²) in [5, 5.41) is 0.887. The predicted octanol–water partition coefficient (Wildman–Crippen LogP) is 3.51. The fourth-order valence-electron chi connectivity index (χ4n) is 0.807. The first kappa shape index (κ1) is 10.3. The Morgan fingerprint density at radius 1 is 1.31 bits per heavy atom. The lowest BCUT2D eigenvalue weighted by molar-refractivity contribution is -0.112. The minimum absolute atomic E-state index is 0.142. The molecule has 0 bridgehead atoms. The van der Waals surface area contributed by atoms with Crippen LogP contribution in [0.3, 0.4) is 0 Å². The van der Waals surface area contributed by atoms with Gasteiger partial charge in [-0.15, -0.1) is 0 Å². The molecule has 1 aromatic rings. The molecule has 0 atom stereocenters. The van der Waals surface area contributed by atoms with E-state index in [2.05, 4.69) is 0 Å². The summed E-state index contributed by atoms with van der Waals surface area (Å²) < 4.78 is 0. The van der Waals surface area contributed by atoms with Crippen molar-refractivity contribution in [3.05, 3.63) is 39.9 Å². The highest BCUT2D eigenvalue weighted by atomic mass is 35.5. The van der Waals surface area contributed by atoms with Crippen LogP contribution in [0.4, 0.5) is 0 Å². The highest BCUT2D eigenvalue weighted by molar-refractivity contribution is 6.44. The van der Waals surface area contributed by atoms with E-state index in [1.54, 1.807) is 30.3 Å². The molecule has 13 heavy (non-hydrogen) atoms. The van der Waals surface area contributed by atoms with Crippen LogP contribution in [0.2, 0.25) is 5.02 Å². The van der Waals surface area contributed by atoms with Crippen LogP contribution in [0.5, 0.6) is 0 Å². The minimum Gasteiger partial charge on any atom is -0.294 e. The molecule has 1 rings (SSSR count). The van der Waals surface area contributed by atoms with Crippen LogP contribution in [0.15, 0.2) is 29.3 Å². The molecule has 1 aromatic carbocycles. The molecule has 0 aliphatic rings. The van der Waals surface area contributed by atoms with E-state index < -0.39 is 0 Å². The Morgan fingerprint density at radius 2 is 1.85 bits per heavy atom. The van der Waals surface area contributed by atoms with Gasteiger partial charge in [-0.2, -0.15) is 0 Å². The molecular formula is C10H8Cl2O. The number of rotatable bonds is 2. The van der Waals surface area contributed by atoms with Gasteiger partial charge in [-0.05, 0) is 23.8 Å². The number of hydrogen-bond acceptors (Lipinski definition) is 1. The Bertz CT molecular complexity index is 338. The summed E-state index contributed by atoms with van der Waals surface area (Å²) in [6.45, 7) is 1.43. The molecule has 68 valence electrons. The SMILES string of the molecule is CC(=O)/C(Cl)=C/c1ccc(Cl)cc1. The van der Waals surface area contributed by atoms with Gasteiger partial charge in [-0.25, -0.2) is 0 Å². The Morgan fingerprint density at radius 3 is 2.31 bits per heavy atom. The molecule has 0 aromatic heterocycles. The van der Waals surface area contributed by atoms with Gasteiger partial charge in [0.2, 0.25) is 0 Å². The number of hydrogen-bond donors (Lipinski definition) is 0. The van der Waals surface area contributed by atoms with Gasteiger partial charge in [0.1, 0.15) is 0 Å². The van der Waals surface area contributed by atoms with E-state index in [1.165, 1.54) is 6.92 Å². The second-order valence-electron chi connectivity index (χ2n) is 2.60. The van der Waals surface area contributed by atoms with Crippen LogP contribution in [-0.4, -0.2) is 5.78 Å². The van der Waals surface area contributed by atoms with Crippen LogP contribution in [-0.2, 0) is 4.79 Å². The molecule has 0 aliphatic carbocycles. The molecule has 0 unspecified atom stereocenters. The third kappa shape index (κ3) is 3.21. The molecule has 1 nitrogen and oxygen atoms in total. The first-order chi connectivity index (χ1) is 6.09. The van der Waals surface area contributed by atoms with Gasteiger partial charge in [-0.1, -0.05) is 35.3 Å². The zero-order valence-corrected chi connectivity index (χ0v) is 8.56. The first-order valence-electron chi connectivity index (χ1n) is 3.73. The maximum absolute atomic E-state index is 10.8. The number of benzene rings is 1. The topological polar surface area (TPSA) is 17.1 Å². The average Bonchev–Trinajstić information content (AvgIpc) is 2.08. The summed E-state index contributed by atoms with van der Waals surface area (Å²) in [7, 11) is 0. The third-order valence-corrected chi connectivity index (χ3v) is 2.13. The normalized spacial score (nSPS) is 11.5. The Hall–Kier alpha value is -0.790. The van der Waals surface area contributed by atoms with Crippen LogP contribution in [0, 0.1) is 0 Å². The number of carbonyl (C=O) groups is 1. The largest absolute Gasteiger partial charge is 0.294 e. The van der Waals surface area contributed by atoms with Crippen LogP contribution >= 0.6 is 23.2 Å². The van der Waals surface area contributed by atoms with E-state index >= 15 is 0 Å². The van der Waals surface area contributed by atoms with Gasteiger partial charge in [0.15, 0.2) is 5.78 Å². The molecule has 0 saturated carbocycles. The number of halogens is 2. The number of ketones is 1. The molecule has 0 heterocycles. The van der Waals surface area contributed by atoms with E-state index in [-0.39, 0.29) is 10.8 Å². The zero-order chi connectivity index (χ0) is 9.84. The van der Waals surface area contributed by atoms with Crippen LogP contribution in [0.25, 0.3) is 6.08 Å². The molecule has 0 radical (unpaired) electrons. The summed E-state index contributed by atoms with van der Waals surface area (Å²) in [5.41, 5.74) is 0.865. The number of carbonyl (C=O) groups excluding carboxylic acids is 1. The molecule has 0 spiro atoms. The van der Waals surface area contributed by atoms with Gasteiger partial charge in [0.25, 0.3) is 0 Å². The highest BCUT2D eigenvalue weighted by Gasteiger charge is 1.98. The molecule has 0 N–H and O–H groups in total. The van der Waals surface area contributed by atoms with Crippen molar-refractivity contribution in [1.29, 1.82) is 0 Å². The lowest BCUT2D eigenvalue weighted by atomic mass is 10.2.